The second-order valence-electron chi connectivity index (χ2n) is 7.17. The highest BCUT2D eigenvalue weighted by Gasteiger charge is 2.48. The summed E-state index contributed by atoms with van der Waals surface area (Å²) in [5.41, 5.74) is -3.01. The quantitative estimate of drug-likeness (QED) is 0.372. The minimum atomic E-state index is -2.06. The summed E-state index contributed by atoms with van der Waals surface area (Å²) in [5.74, 6) is -7.05. The number of carbonyl (C=O) groups excluding carboxylic acids is 1. The molecule has 0 bridgehead atoms. The van der Waals surface area contributed by atoms with Gasteiger partial charge in [-0.25, -0.2) is 17.6 Å². The van der Waals surface area contributed by atoms with Gasteiger partial charge in [0.05, 0.1) is 5.41 Å². The Kier molecular flexibility index (Phi) is 7.36. The maximum absolute atomic E-state index is 15.0. The summed E-state index contributed by atoms with van der Waals surface area (Å²) in [5, 5.41) is 0.206. The van der Waals surface area contributed by atoms with E-state index in [4.69, 9.17) is 23.2 Å². The fraction of sp³-hybridized carbons (Fsp3) is 0.381. The number of nitrogens with zero attached hydrogens (tertiary/aromatic N) is 1. The number of benzene rings is 2. The van der Waals surface area contributed by atoms with Crippen molar-refractivity contribution in [3.63, 3.8) is 0 Å². The first-order valence-corrected chi connectivity index (χ1v) is 9.71. The van der Waals surface area contributed by atoms with Crippen LogP contribution in [-0.4, -0.2) is 30.8 Å². The van der Waals surface area contributed by atoms with Gasteiger partial charge in [-0.05, 0) is 45.1 Å². The zero-order valence-electron chi connectivity index (χ0n) is 16.4. The molecule has 0 radical (unpaired) electrons. The van der Waals surface area contributed by atoms with Crippen molar-refractivity contribution < 1.29 is 22.4 Å². The number of carbonyl (C=O) groups is 1. The predicted molar refractivity (Wildman–Crippen MR) is 107 cm³/mol. The molecular weight excluding hydrogens is 429 g/mol. The first kappa shape index (κ1) is 23.6. The largest absolute Gasteiger partial charge is 0.307 e. The van der Waals surface area contributed by atoms with Crippen LogP contribution in [0.1, 0.15) is 37.8 Å². The van der Waals surface area contributed by atoms with E-state index in [1.54, 1.807) is 25.9 Å². The van der Waals surface area contributed by atoms with E-state index in [-0.39, 0.29) is 34.5 Å². The first-order chi connectivity index (χ1) is 13.5. The Morgan fingerprint density at radius 2 is 1.62 bits per heavy atom. The van der Waals surface area contributed by atoms with Crippen molar-refractivity contribution in [3.8, 4) is 0 Å². The molecule has 158 valence electrons. The van der Waals surface area contributed by atoms with Gasteiger partial charge in [0.25, 0.3) is 0 Å². The monoisotopic (exact) mass is 449 g/mol. The Balaban J connectivity index is 3.04. The van der Waals surface area contributed by atoms with E-state index in [1.807, 2.05) is 0 Å². The first-order valence-electron chi connectivity index (χ1n) is 8.96. The average molecular weight is 450 g/mol. The summed E-state index contributed by atoms with van der Waals surface area (Å²) in [6.07, 6.45) is -0.305. The van der Waals surface area contributed by atoms with Crippen LogP contribution in [0.2, 0.25) is 10.0 Å². The van der Waals surface area contributed by atoms with Crippen molar-refractivity contribution in [2.45, 2.75) is 38.1 Å². The van der Waals surface area contributed by atoms with Crippen LogP contribution in [0, 0.1) is 23.3 Å². The van der Waals surface area contributed by atoms with E-state index in [9.17, 15) is 22.4 Å². The predicted octanol–water partition coefficient (Wildman–Crippen LogP) is 6.16. The molecule has 0 fully saturated rings. The number of Topliss-reactive ketones (excluding diaryl/α,β-unsaturated/α-hetero) is 1. The van der Waals surface area contributed by atoms with Crippen molar-refractivity contribution in [1.82, 2.24) is 4.90 Å². The van der Waals surface area contributed by atoms with E-state index >= 15 is 0 Å². The number of hydrogen-bond acceptors (Lipinski definition) is 2. The second-order valence-corrected chi connectivity index (χ2v) is 8.01. The molecule has 8 heteroatoms. The summed E-state index contributed by atoms with van der Waals surface area (Å²) in [6, 6.07) is 3.81. The molecule has 2 aromatic carbocycles. The van der Waals surface area contributed by atoms with E-state index < -0.39 is 46.1 Å². The average Bonchev–Trinajstić information content (AvgIpc) is 2.64. The fourth-order valence-electron chi connectivity index (χ4n) is 3.46. The third-order valence-corrected chi connectivity index (χ3v) is 5.76. The number of ketones is 1. The summed E-state index contributed by atoms with van der Waals surface area (Å²) in [4.78, 5) is 15.0. The molecule has 0 aliphatic rings. The Labute approximate surface area is 177 Å². The zero-order chi connectivity index (χ0) is 22.1. The molecule has 0 aromatic heterocycles. The van der Waals surface area contributed by atoms with Gasteiger partial charge in [-0.1, -0.05) is 36.2 Å². The lowest BCUT2D eigenvalue weighted by molar-refractivity contribution is -0.123. The molecule has 0 heterocycles. The van der Waals surface area contributed by atoms with Gasteiger partial charge in [0.15, 0.2) is 23.3 Å². The van der Waals surface area contributed by atoms with Gasteiger partial charge >= 0.3 is 0 Å². The minimum absolute atomic E-state index is 0.0336. The number of halogens is 6. The SMILES string of the molecule is CCC(=O)C(C[C@H](C)N(C)C)(c1ccc(Cl)cc1Cl)c1c(F)c(F)cc(F)c1F. The molecule has 0 N–H and O–H groups in total. The van der Waals surface area contributed by atoms with Crippen LogP contribution >= 0.6 is 23.2 Å². The van der Waals surface area contributed by atoms with Gasteiger partial charge in [-0.15, -0.1) is 0 Å². The lowest BCUT2D eigenvalue weighted by Gasteiger charge is -2.38. The van der Waals surface area contributed by atoms with Crippen LogP contribution < -0.4 is 0 Å². The summed E-state index contributed by atoms with van der Waals surface area (Å²) >= 11 is 12.3. The summed E-state index contributed by atoms with van der Waals surface area (Å²) < 4.78 is 58.2. The van der Waals surface area contributed by atoms with E-state index in [1.165, 1.54) is 25.1 Å². The molecule has 2 atom stereocenters. The molecule has 0 saturated heterocycles. The molecule has 0 spiro atoms. The standard InChI is InChI=1S/C21H21Cl2F4NO/c1-5-17(29)21(10-11(2)28(3)4,13-7-6-12(22)8-14(13)23)18-19(26)15(24)9-16(25)20(18)27/h6-9,11H,5,10H2,1-4H3/t11-,21?/m0/s1. The minimum Gasteiger partial charge on any atom is -0.307 e. The molecular formula is C21H21Cl2F4NO. The molecule has 2 nitrogen and oxygen atoms in total. The Morgan fingerprint density at radius 3 is 2.07 bits per heavy atom. The normalized spacial score (nSPS) is 14.7. The van der Waals surface area contributed by atoms with E-state index in [0.29, 0.717) is 0 Å². The smallest absolute Gasteiger partial charge is 0.166 e. The number of rotatable bonds is 7. The highest BCUT2D eigenvalue weighted by molar-refractivity contribution is 6.35. The molecule has 2 aromatic rings. The molecule has 2 rings (SSSR count). The summed E-state index contributed by atoms with van der Waals surface area (Å²) in [7, 11) is 3.43. The highest BCUT2D eigenvalue weighted by atomic mass is 35.5. The van der Waals surface area contributed by atoms with Crippen LogP contribution in [0.5, 0.6) is 0 Å². The van der Waals surface area contributed by atoms with Crippen molar-refractivity contribution in [2.24, 2.45) is 0 Å². The van der Waals surface area contributed by atoms with Gasteiger partial charge in [-0.3, -0.25) is 4.79 Å². The second kappa shape index (κ2) is 9.02. The van der Waals surface area contributed by atoms with Crippen LogP contribution in [0.15, 0.2) is 24.3 Å². The third kappa shape index (κ3) is 4.30. The lowest BCUT2D eigenvalue weighted by atomic mass is 9.66. The van der Waals surface area contributed by atoms with Gasteiger partial charge in [-0.2, -0.15) is 0 Å². The number of hydrogen-bond donors (Lipinski definition) is 0. The molecule has 0 aliphatic heterocycles. The van der Waals surface area contributed by atoms with Gasteiger partial charge in [0, 0.05) is 34.1 Å². The Hall–Kier alpha value is -1.63. The topological polar surface area (TPSA) is 20.3 Å². The molecule has 1 unspecified atom stereocenters. The van der Waals surface area contributed by atoms with Crippen molar-refractivity contribution in [1.29, 1.82) is 0 Å². The Bertz CT molecular complexity index is 909. The third-order valence-electron chi connectivity index (χ3n) is 5.21. The zero-order valence-corrected chi connectivity index (χ0v) is 17.9. The van der Waals surface area contributed by atoms with Crippen LogP contribution in [0.25, 0.3) is 0 Å². The van der Waals surface area contributed by atoms with Crippen LogP contribution in [-0.2, 0) is 10.2 Å². The van der Waals surface area contributed by atoms with E-state index in [2.05, 4.69) is 0 Å². The highest BCUT2D eigenvalue weighted by Crippen LogP contribution is 2.46. The molecule has 0 aliphatic carbocycles. The maximum Gasteiger partial charge on any atom is 0.166 e. The lowest BCUT2D eigenvalue weighted by Crippen LogP contribution is -2.44. The molecule has 0 amide bonds. The van der Waals surface area contributed by atoms with Crippen LogP contribution in [0.4, 0.5) is 17.6 Å². The Morgan fingerprint density at radius 1 is 1.07 bits per heavy atom. The van der Waals surface area contributed by atoms with Crippen LogP contribution in [0.3, 0.4) is 0 Å². The molecule has 0 saturated carbocycles. The van der Waals surface area contributed by atoms with Gasteiger partial charge < -0.3 is 4.90 Å². The molecule has 29 heavy (non-hydrogen) atoms. The van der Waals surface area contributed by atoms with Gasteiger partial charge in [0.2, 0.25) is 0 Å². The summed E-state index contributed by atoms with van der Waals surface area (Å²) in [6.45, 7) is 3.24. The van der Waals surface area contributed by atoms with Crippen molar-refractivity contribution >= 4 is 29.0 Å². The fourth-order valence-corrected chi connectivity index (χ4v) is 4.03. The van der Waals surface area contributed by atoms with Gasteiger partial charge in [0.1, 0.15) is 5.78 Å². The van der Waals surface area contributed by atoms with Crippen molar-refractivity contribution in [2.75, 3.05) is 14.1 Å². The van der Waals surface area contributed by atoms with Crippen molar-refractivity contribution in [3.05, 3.63) is 68.7 Å². The maximum atomic E-state index is 15.0. The van der Waals surface area contributed by atoms with E-state index in [0.717, 1.165) is 0 Å².